The van der Waals surface area contributed by atoms with Crippen LogP contribution in [0.3, 0.4) is 0 Å². The van der Waals surface area contributed by atoms with E-state index in [2.05, 4.69) is 35.3 Å². The molecule has 0 aliphatic heterocycles. The van der Waals surface area contributed by atoms with Gasteiger partial charge in [-0.25, -0.2) is 0 Å². The van der Waals surface area contributed by atoms with Gasteiger partial charge in [-0.1, -0.05) is 42.5 Å². The predicted octanol–water partition coefficient (Wildman–Crippen LogP) is 4.35. The van der Waals surface area contributed by atoms with E-state index in [0.29, 0.717) is 5.88 Å². The van der Waals surface area contributed by atoms with Gasteiger partial charge in [-0.05, 0) is 29.2 Å². The molecule has 0 saturated heterocycles. The largest absolute Gasteiger partial charge is 0.264 e. The first kappa shape index (κ1) is 14.7. The second kappa shape index (κ2) is 7.91. The van der Waals surface area contributed by atoms with Gasteiger partial charge in [0.15, 0.2) is 0 Å². The van der Waals surface area contributed by atoms with E-state index in [1.54, 1.807) is 6.20 Å². The lowest BCUT2D eigenvalue weighted by molar-refractivity contribution is 1.14. The number of hydrogen-bond donors (Lipinski definition) is 0. The van der Waals surface area contributed by atoms with Gasteiger partial charge in [0.05, 0.1) is 0 Å². The van der Waals surface area contributed by atoms with Gasteiger partial charge in [0, 0.05) is 18.3 Å². The number of allylic oxidation sites excluding steroid dienone is 1. The van der Waals surface area contributed by atoms with E-state index in [4.69, 9.17) is 11.6 Å². The molecular weight excluding hydrogens is 265 g/mol. The number of halogens is 2. The SMILES string of the molecule is Cl.ClC/C=C/c1ccc(Cc2cccnc2)cc1. The van der Waals surface area contributed by atoms with Crippen LogP contribution in [0.25, 0.3) is 6.08 Å². The summed E-state index contributed by atoms with van der Waals surface area (Å²) in [5, 5.41) is 0. The van der Waals surface area contributed by atoms with Crippen LogP contribution in [0.4, 0.5) is 0 Å². The summed E-state index contributed by atoms with van der Waals surface area (Å²) < 4.78 is 0. The van der Waals surface area contributed by atoms with E-state index in [-0.39, 0.29) is 12.4 Å². The Kier molecular flexibility index (Phi) is 6.48. The normalized spacial score (nSPS) is 10.3. The smallest absolute Gasteiger partial charge is 0.0407 e. The molecule has 1 nitrogen and oxygen atoms in total. The van der Waals surface area contributed by atoms with Gasteiger partial charge in [0.2, 0.25) is 0 Å². The van der Waals surface area contributed by atoms with Crippen LogP contribution in [0, 0.1) is 0 Å². The molecule has 0 radical (unpaired) electrons. The molecule has 0 unspecified atom stereocenters. The summed E-state index contributed by atoms with van der Waals surface area (Å²) in [7, 11) is 0. The molecule has 94 valence electrons. The molecule has 1 heterocycles. The zero-order valence-electron chi connectivity index (χ0n) is 9.92. The lowest BCUT2D eigenvalue weighted by atomic mass is 10.0. The minimum Gasteiger partial charge on any atom is -0.264 e. The average molecular weight is 280 g/mol. The number of nitrogens with zero attached hydrogens (tertiary/aromatic N) is 1. The van der Waals surface area contributed by atoms with Gasteiger partial charge in [-0.2, -0.15) is 0 Å². The summed E-state index contributed by atoms with van der Waals surface area (Å²) in [5.74, 6) is 0.553. The van der Waals surface area contributed by atoms with Crippen molar-refractivity contribution >= 4 is 30.1 Å². The van der Waals surface area contributed by atoms with E-state index < -0.39 is 0 Å². The van der Waals surface area contributed by atoms with Gasteiger partial charge in [-0.15, -0.1) is 24.0 Å². The Hall–Kier alpha value is -1.31. The van der Waals surface area contributed by atoms with Crippen molar-refractivity contribution in [3.05, 3.63) is 71.6 Å². The molecule has 0 amide bonds. The van der Waals surface area contributed by atoms with Gasteiger partial charge in [0.1, 0.15) is 0 Å². The van der Waals surface area contributed by atoms with Crippen LogP contribution in [0.1, 0.15) is 16.7 Å². The fourth-order valence-electron chi connectivity index (χ4n) is 1.67. The fourth-order valence-corrected chi connectivity index (χ4v) is 1.75. The maximum absolute atomic E-state index is 5.60. The molecular formula is C15H15Cl2N. The summed E-state index contributed by atoms with van der Waals surface area (Å²) in [4.78, 5) is 4.11. The van der Waals surface area contributed by atoms with Gasteiger partial charge >= 0.3 is 0 Å². The van der Waals surface area contributed by atoms with Crippen LogP contribution in [-0.4, -0.2) is 10.9 Å². The van der Waals surface area contributed by atoms with Crippen LogP contribution >= 0.6 is 24.0 Å². The molecule has 3 heteroatoms. The highest BCUT2D eigenvalue weighted by Crippen LogP contribution is 2.11. The van der Waals surface area contributed by atoms with Crippen molar-refractivity contribution in [3.63, 3.8) is 0 Å². The molecule has 0 saturated carbocycles. The minimum absolute atomic E-state index is 0. The van der Waals surface area contributed by atoms with Crippen molar-refractivity contribution in [1.82, 2.24) is 4.98 Å². The highest BCUT2D eigenvalue weighted by Gasteiger charge is 1.95. The van der Waals surface area contributed by atoms with Crippen LogP contribution in [0.15, 0.2) is 54.9 Å². The van der Waals surface area contributed by atoms with E-state index >= 15 is 0 Å². The summed E-state index contributed by atoms with van der Waals surface area (Å²) in [5.41, 5.74) is 3.71. The molecule has 0 aliphatic rings. The Labute approximate surface area is 119 Å². The van der Waals surface area contributed by atoms with E-state index in [0.717, 1.165) is 6.42 Å². The number of aromatic nitrogens is 1. The van der Waals surface area contributed by atoms with Crippen LogP contribution in [0.2, 0.25) is 0 Å². The molecule has 0 bridgehead atoms. The molecule has 2 rings (SSSR count). The number of rotatable bonds is 4. The molecule has 0 aliphatic carbocycles. The van der Waals surface area contributed by atoms with Gasteiger partial charge in [-0.3, -0.25) is 4.98 Å². The monoisotopic (exact) mass is 279 g/mol. The second-order valence-electron chi connectivity index (χ2n) is 3.84. The lowest BCUT2D eigenvalue weighted by Gasteiger charge is -2.01. The third-order valence-corrected chi connectivity index (χ3v) is 2.69. The van der Waals surface area contributed by atoms with E-state index in [1.165, 1.54) is 16.7 Å². The second-order valence-corrected chi connectivity index (χ2v) is 4.14. The number of alkyl halides is 1. The standard InChI is InChI=1S/C15H14ClN.ClH/c16-9-1-3-13-5-7-14(8-6-13)11-15-4-2-10-17-12-15;/h1-8,10,12H,9,11H2;1H/b3-1+;. The fraction of sp³-hybridized carbons (Fsp3) is 0.133. The molecule has 18 heavy (non-hydrogen) atoms. The summed E-state index contributed by atoms with van der Waals surface area (Å²) in [6.07, 6.45) is 8.59. The van der Waals surface area contributed by atoms with Crippen molar-refractivity contribution in [2.45, 2.75) is 6.42 Å². The lowest BCUT2D eigenvalue weighted by Crippen LogP contribution is -1.88. The minimum atomic E-state index is 0. The van der Waals surface area contributed by atoms with Crippen LogP contribution in [-0.2, 0) is 6.42 Å². The number of benzene rings is 1. The maximum atomic E-state index is 5.60. The highest BCUT2D eigenvalue weighted by atomic mass is 35.5. The highest BCUT2D eigenvalue weighted by molar-refractivity contribution is 6.19. The third kappa shape index (κ3) is 4.52. The first-order chi connectivity index (χ1) is 8.38. The summed E-state index contributed by atoms with van der Waals surface area (Å²) >= 11 is 5.60. The van der Waals surface area contributed by atoms with Gasteiger partial charge < -0.3 is 0 Å². The maximum Gasteiger partial charge on any atom is 0.0407 e. The Bertz CT molecular complexity index is 478. The zero-order valence-corrected chi connectivity index (χ0v) is 11.5. The van der Waals surface area contributed by atoms with Crippen molar-refractivity contribution < 1.29 is 0 Å². The predicted molar refractivity (Wildman–Crippen MR) is 80.5 cm³/mol. The van der Waals surface area contributed by atoms with E-state index in [9.17, 15) is 0 Å². The third-order valence-electron chi connectivity index (χ3n) is 2.51. The van der Waals surface area contributed by atoms with Crippen molar-refractivity contribution in [2.24, 2.45) is 0 Å². The summed E-state index contributed by atoms with van der Waals surface area (Å²) in [6, 6.07) is 12.5. The number of hydrogen-bond acceptors (Lipinski definition) is 1. The van der Waals surface area contributed by atoms with E-state index in [1.807, 2.05) is 24.4 Å². The molecule has 0 spiro atoms. The Morgan fingerprint density at radius 2 is 1.83 bits per heavy atom. The first-order valence-corrected chi connectivity index (χ1v) is 6.12. The Morgan fingerprint density at radius 3 is 2.44 bits per heavy atom. The van der Waals surface area contributed by atoms with Crippen LogP contribution in [0.5, 0.6) is 0 Å². The Balaban J connectivity index is 0.00000162. The molecule has 2 aromatic rings. The molecule has 0 atom stereocenters. The van der Waals surface area contributed by atoms with Crippen molar-refractivity contribution in [2.75, 3.05) is 5.88 Å². The van der Waals surface area contributed by atoms with Crippen molar-refractivity contribution in [3.8, 4) is 0 Å². The van der Waals surface area contributed by atoms with Crippen LogP contribution < -0.4 is 0 Å². The summed E-state index contributed by atoms with van der Waals surface area (Å²) in [6.45, 7) is 0. The Morgan fingerprint density at radius 1 is 1.06 bits per heavy atom. The molecule has 1 aromatic carbocycles. The van der Waals surface area contributed by atoms with Crippen molar-refractivity contribution in [1.29, 1.82) is 0 Å². The molecule has 0 N–H and O–H groups in total. The molecule has 0 fully saturated rings. The van der Waals surface area contributed by atoms with Gasteiger partial charge in [0.25, 0.3) is 0 Å². The average Bonchev–Trinajstić information content (AvgIpc) is 2.39. The molecule has 1 aromatic heterocycles. The first-order valence-electron chi connectivity index (χ1n) is 5.59. The topological polar surface area (TPSA) is 12.9 Å². The number of pyridine rings is 1. The quantitative estimate of drug-likeness (QED) is 0.759. The zero-order chi connectivity index (χ0) is 11.9.